The van der Waals surface area contributed by atoms with Gasteiger partial charge in [0.25, 0.3) is 0 Å². The highest BCUT2D eigenvalue weighted by molar-refractivity contribution is 5.80. The van der Waals surface area contributed by atoms with E-state index in [-0.39, 0.29) is 17.7 Å². The van der Waals surface area contributed by atoms with E-state index >= 15 is 0 Å². The Hall–Kier alpha value is -1.06. The van der Waals surface area contributed by atoms with Crippen molar-refractivity contribution in [3.8, 4) is 0 Å². The highest BCUT2D eigenvalue weighted by atomic mass is 16.4. The van der Waals surface area contributed by atoms with Crippen LogP contribution in [-0.4, -0.2) is 23.5 Å². The number of nitrogens with one attached hydrogen (secondary N) is 1. The van der Waals surface area contributed by atoms with Crippen LogP contribution < -0.4 is 5.32 Å². The number of hydrogen-bond donors (Lipinski definition) is 2. The van der Waals surface area contributed by atoms with Gasteiger partial charge in [-0.05, 0) is 43.9 Å². The second kappa shape index (κ2) is 5.72. The van der Waals surface area contributed by atoms with E-state index in [9.17, 15) is 9.59 Å². The first kappa shape index (κ1) is 13.4. The Labute approximate surface area is 108 Å². The topological polar surface area (TPSA) is 66.4 Å². The highest BCUT2D eigenvalue weighted by Gasteiger charge is 2.32. The maximum absolute atomic E-state index is 12.0. The molecule has 4 heteroatoms. The molecule has 2 aliphatic rings. The maximum atomic E-state index is 12.0. The van der Waals surface area contributed by atoms with E-state index in [4.69, 9.17) is 5.11 Å². The quantitative estimate of drug-likeness (QED) is 0.788. The van der Waals surface area contributed by atoms with Crippen molar-refractivity contribution in [1.29, 1.82) is 0 Å². The minimum Gasteiger partial charge on any atom is -0.481 e. The molecule has 3 unspecified atom stereocenters. The average Bonchev–Trinajstić information content (AvgIpc) is 3.20. The van der Waals surface area contributed by atoms with Crippen LogP contribution in [0.15, 0.2) is 0 Å². The van der Waals surface area contributed by atoms with Gasteiger partial charge in [-0.3, -0.25) is 9.59 Å². The van der Waals surface area contributed by atoms with E-state index in [2.05, 4.69) is 12.2 Å². The zero-order valence-electron chi connectivity index (χ0n) is 11.0. The van der Waals surface area contributed by atoms with Crippen LogP contribution in [0.5, 0.6) is 0 Å². The molecule has 2 saturated carbocycles. The van der Waals surface area contributed by atoms with E-state index in [0.29, 0.717) is 12.3 Å². The molecule has 18 heavy (non-hydrogen) atoms. The molecule has 3 atom stereocenters. The maximum Gasteiger partial charge on any atom is 0.306 e. The fourth-order valence-corrected chi connectivity index (χ4v) is 2.89. The summed E-state index contributed by atoms with van der Waals surface area (Å²) in [6.07, 6.45) is 5.51. The summed E-state index contributed by atoms with van der Waals surface area (Å²) in [5.74, 6) is 0.255. The van der Waals surface area contributed by atoms with Gasteiger partial charge in [0.15, 0.2) is 0 Å². The summed E-state index contributed by atoms with van der Waals surface area (Å²) < 4.78 is 0. The van der Waals surface area contributed by atoms with Crippen molar-refractivity contribution in [2.24, 2.45) is 23.7 Å². The number of aliphatic carboxylic acids is 1. The van der Waals surface area contributed by atoms with Gasteiger partial charge in [0.2, 0.25) is 5.91 Å². The Morgan fingerprint density at radius 3 is 2.50 bits per heavy atom. The molecule has 0 saturated heterocycles. The van der Waals surface area contributed by atoms with E-state index in [1.54, 1.807) is 0 Å². The Balaban J connectivity index is 1.75. The monoisotopic (exact) mass is 253 g/mol. The molecule has 0 bridgehead atoms. The Morgan fingerprint density at radius 1 is 1.22 bits per heavy atom. The number of carboxylic acids is 1. The fraction of sp³-hybridized carbons (Fsp3) is 0.857. The summed E-state index contributed by atoms with van der Waals surface area (Å²) in [7, 11) is 0. The lowest BCUT2D eigenvalue weighted by molar-refractivity contribution is -0.144. The van der Waals surface area contributed by atoms with E-state index in [0.717, 1.165) is 31.7 Å². The normalized spacial score (nSPS) is 29.6. The second-order valence-electron chi connectivity index (χ2n) is 5.96. The third kappa shape index (κ3) is 3.47. The Morgan fingerprint density at radius 2 is 1.89 bits per heavy atom. The third-order valence-electron chi connectivity index (χ3n) is 4.42. The number of carbonyl (C=O) groups is 2. The molecule has 102 valence electrons. The van der Waals surface area contributed by atoms with Gasteiger partial charge >= 0.3 is 5.97 Å². The van der Waals surface area contributed by atoms with Crippen molar-refractivity contribution in [2.45, 2.75) is 45.4 Å². The van der Waals surface area contributed by atoms with Gasteiger partial charge < -0.3 is 10.4 Å². The van der Waals surface area contributed by atoms with Gasteiger partial charge in [-0.1, -0.05) is 13.3 Å². The molecule has 0 aromatic carbocycles. The number of hydrogen-bond acceptors (Lipinski definition) is 2. The average molecular weight is 253 g/mol. The lowest BCUT2D eigenvalue weighted by atomic mass is 9.81. The van der Waals surface area contributed by atoms with Gasteiger partial charge in [0, 0.05) is 12.5 Å². The minimum atomic E-state index is -0.751. The molecule has 0 aromatic rings. The van der Waals surface area contributed by atoms with E-state index in [1.165, 1.54) is 12.8 Å². The van der Waals surface area contributed by atoms with Crippen molar-refractivity contribution < 1.29 is 14.7 Å². The van der Waals surface area contributed by atoms with Crippen LogP contribution in [0.3, 0.4) is 0 Å². The smallest absolute Gasteiger partial charge is 0.306 e. The first-order chi connectivity index (χ1) is 8.58. The van der Waals surface area contributed by atoms with Crippen LogP contribution in [0.2, 0.25) is 0 Å². The standard InChI is InChI=1S/C14H23NO3/c1-9(10-5-6-10)8-15-13(16)11-3-2-4-12(7-11)14(17)18/h9-12H,2-8H2,1H3,(H,15,16)(H,17,18). The molecule has 1 amide bonds. The molecule has 0 heterocycles. The van der Waals surface area contributed by atoms with Crippen LogP contribution in [0, 0.1) is 23.7 Å². The number of carboxylic acid groups (broad SMARTS) is 1. The molecular formula is C14H23NO3. The first-order valence-electron chi connectivity index (χ1n) is 7.08. The van der Waals surface area contributed by atoms with Crippen LogP contribution in [0.25, 0.3) is 0 Å². The summed E-state index contributed by atoms with van der Waals surface area (Å²) in [6, 6.07) is 0. The summed E-state index contributed by atoms with van der Waals surface area (Å²) in [5, 5.41) is 12.0. The number of amides is 1. The van der Waals surface area contributed by atoms with Gasteiger partial charge in [0.05, 0.1) is 5.92 Å². The summed E-state index contributed by atoms with van der Waals surface area (Å²) in [6.45, 7) is 2.93. The molecule has 2 N–H and O–H groups in total. The first-order valence-corrected chi connectivity index (χ1v) is 7.08. The molecule has 0 spiro atoms. The van der Waals surface area contributed by atoms with Crippen molar-refractivity contribution in [1.82, 2.24) is 5.32 Å². The van der Waals surface area contributed by atoms with E-state index < -0.39 is 5.97 Å². The minimum absolute atomic E-state index is 0.0634. The van der Waals surface area contributed by atoms with Crippen LogP contribution >= 0.6 is 0 Å². The summed E-state index contributed by atoms with van der Waals surface area (Å²) >= 11 is 0. The van der Waals surface area contributed by atoms with Gasteiger partial charge in [-0.15, -0.1) is 0 Å². The molecule has 0 radical (unpaired) electrons. The fourth-order valence-electron chi connectivity index (χ4n) is 2.89. The lowest BCUT2D eigenvalue weighted by Crippen LogP contribution is -2.37. The van der Waals surface area contributed by atoms with Crippen LogP contribution in [-0.2, 0) is 9.59 Å². The van der Waals surface area contributed by atoms with Crippen molar-refractivity contribution >= 4 is 11.9 Å². The highest BCUT2D eigenvalue weighted by Crippen LogP contribution is 2.36. The summed E-state index contributed by atoms with van der Waals surface area (Å²) in [5.41, 5.74) is 0. The van der Waals surface area contributed by atoms with Crippen molar-refractivity contribution in [3.05, 3.63) is 0 Å². The second-order valence-corrected chi connectivity index (χ2v) is 5.96. The number of rotatable bonds is 5. The third-order valence-corrected chi connectivity index (χ3v) is 4.42. The Kier molecular flexibility index (Phi) is 4.25. The predicted molar refractivity (Wildman–Crippen MR) is 68.0 cm³/mol. The molecular weight excluding hydrogens is 230 g/mol. The zero-order valence-corrected chi connectivity index (χ0v) is 11.0. The molecule has 2 fully saturated rings. The largest absolute Gasteiger partial charge is 0.481 e. The lowest BCUT2D eigenvalue weighted by Gasteiger charge is -2.26. The molecule has 0 aliphatic heterocycles. The van der Waals surface area contributed by atoms with Crippen LogP contribution in [0.1, 0.15) is 45.4 Å². The molecule has 2 rings (SSSR count). The molecule has 2 aliphatic carbocycles. The number of carbonyl (C=O) groups excluding carboxylic acids is 1. The van der Waals surface area contributed by atoms with E-state index in [1.807, 2.05) is 0 Å². The predicted octanol–water partition coefficient (Wildman–Crippen LogP) is 2.04. The molecule has 4 nitrogen and oxygen atoms in total. The van der Waals surface area contributed by atoms with Gasteiger partial charge in [-0.2, -0.15) is 0 Å². The summed E-state index contributed by atoms with van der Waals surface area (Å²) in [4.78, 5) is 23.0. The van der Waals surface area contributed by atoms with Gasteiger partial charge in [0.1, 0.15) is 0 Å². The van der Waals surface area contributed by atoms with Gasteiger partial charge in [-0.25, -0.2) is 0 Å². The Bertz CT molecular complexity index is 325. The van der Waals surface area contributed by atoms with Crippen LogP contribution in [0.4, 0.5) is 0 Å². The zero-order chi connectivity index (χ0) is 13.1. The molecule has 0 aromatic heterocycles. The van der Waals surface area contributed by atoms with Crippen molar-refractivity contribution in [3.63, 3.8) is 0 Å². The SMILES string of the molecule is CC(CNC(=O)C1CCCC(C(=O)O)C1)C1CC1. The van der Waals surface area contributed by atoms with Crippen molar-refractivity contribution in [2.75, 3.05) is 6.54 Å².